The van der Waals surface area contributed by atoms with Crippen molar-refractivity contribution in [3.8, 4) is 0 Å². The van der Waals surface area contributed by atoms with E-state index in [4.69, 9.17) is 4.98 Å². The highest BCUT2D eigenvalue weighted by molar-refractivity contribution is 5.57. The zero-order chi connectivity index (χ0) is 14.8. The number of rotatable bonds is 4. The highest BCUT2D eigenvalue weighted by Crippen LogP contribution is 2.29. The van der Waals surface area contributed by atoms with E-state index >= 15 is 0 Å². The quantitative estimate of drug-likeness (QED) is 0.891. The summed E-state index contributed by atoms with van der Waals surface area (Å²) in [6.45, 7) is 6.73. The lowest BCUT2D eigenvalue weighted by Crippen LogP contribution is -2.43. The Morgan fingerprint density at radius 3 is 2.76 bits per heavy atom. The number of aryl methyl sites for hydroxylation is 1. The predicted octanol–water partition coefficient (Wildman–Crippen LogP) is 2.43. The van der Waals surface area contributed by atoms with Gasteiger partial charge in [-0.15, -0.1) is 0 Å². The van der Waals surface area contributed by atoms with Gasteiger partial charge in [-0.25, -0.2) is 9.97 Å². The number of hydrogen-bond donors (Lipinski definition) is 2. The van der Waals surface area contributed by atoms with E-state index in [1.165, 1.54) is 38.8 Å². The normalized spacial score (nSPS) is 25.7. The summed E-state index contributed by atoms with van der Waals surface area (Å²) < 4.78 is 0. The van der Waals surface area contributed by atoms with Crippen molar-refractivity contribution in [2.24, 2.45) is 0 Å². The number of nitrogens with one attached hydrogen (secondary N) is 2. The molecule has 2 unspecified atom stereocenters. The second-order valence-corrected chi connectivity index (χ2v) is 6.26. The van der Waals surface area contributed by atoms with Gasteiger partial charge >= 0.3 is 0 Å². The van der Waals surface area contributed by atoms with E-state index in [2.05, 4.69) is 34.4 Å². The van der Waals surface area contributed by atoms with Gasteiger partial charge in [0, 0.05) is 37.7 Å². The maximum Gasteiger partial charge on any atom is 0.134 e. The third kappa shape index (κ3) is 2.98. The van der Waals surface area contributed by atoms with Crippen LogP contribution in [-0.4, -0.2) is 47.1 Å². The summed E-state index contributed by atoms with van der Waals surface area (Å²) in [5, 5.41) is 6.88. The van der Waals surface area contributed by atoms with Gasteiger partial charge in [-0.2, -0.15) is 0 Å². The van der Waals surface area contributed by atoms with Gasteiger partial charge in [0.1, 0.15) is 17.5 Å². The Morgan fingerprint density at radius 2 is 2.00 bits per heavy atom. The van der Waals surface area contributed by atoms with Gasteiger partial charge in [-0.1, -0.05) is 6.92 Å². The van der Waals surface area contributed by atoms with Gasteiger partial charge in [-0.3, -0.25) is 0 Å². The molecule has 116 valence electrons. The van der Waals surface area contributed by atoms with Crippen LogP contribution in [0.5, 0.6) is 0 Å². The minimum absolute atomic E-state index is 0.548. The van der Waals surface area contributed by atoms with Gasteiger partial charge in [-0.05, 0) is 39.2 Å². The number of anilines is 2. The molecule has 2 N–H and O–H groups in total. The average molecular weight is 289 g/mol. The molecule has 1 aromatic heterocycles. The van der Waals surface area contributed by atoms with Crippen LogP contribution in [0.3, 0.4) is 0 Å². The molecule has 0 spiro atoms. The Bertz CT molecular complexity index is 502. The molecule has 0 radical (unpaired) electrons. The summed E-state index contributed by atoms with van der Waals surface area (Å²) >= 11 is 0. The van der Waals surface area contributed by atoms with Crippen molar-refractivity contribution in [1.29, 1.82) is 0 Å². The third-order valence-corrected chi connectivity index (χ3v) is 4.91. The maximum absolute atomic E-state index is 4.70. The number of nitrogens with zero attached hydrogens (tertiary/aromatic N) is 3. The van der Waals surface area contributed by atoms with Crippen molar-refractivity contribution in [3.63, 3.8) is 0 Å². The second kappa shape index (κ2) is 6.18. The van der Waals surface area contributed by atoms with Crippen LogP contribution >= 0.6 is 0 Å². The first-order valence-electron chi connectivity index (χ1n) is 8.27. The first-order chi connectivity index (χ1) is 10.2. The lowest BCUT2D eigenvalue weighted by atomic mass is 9.97. The zero-order valence-corrected chi connectivity index (χ0v) is 13.4. The molecule has 2 aliphatic rings. The lowest BCUT2D eigenvalue weighted by Gasteiger charge is -2.35. The van der Waals surface area contributed by atoms with Gasteiger partial charge in [0.15, 0.2) is 0 Å². The summed E-state index contributed by atoms with van der Waals surface area (Å²) in [4.78, 5) is 11.9. The smallest absolute Gasteiger partial charge is 0.134 e. The molecule has 1 aromatic rings. The molecule has 2 atom stereocenters. The molecule has 0 aromatic carbocycles. The van der Waals surface area contributed by atoms with Crippen LogP contribution in [0.1, 0.15) is 44.0 Å². The average Bonchev–Trinajstić information content (AvgIpc) is 2.97. The van der Waals surface area contributed by atoms with Crippen LogP contribution < -0.4 is 10.6 Å². The molecule has 2 fully saturated rings. The van der Waals surface area contributed by atoms with Crippen LogP contribution in [0.25, 0.3) is 0 Å². The van der Waals surface area contributed by atoms with Gasteiger partial charge in [0.05, 0.1) is 0 Å². The Hall–Kier alpha value is -1.36. The van der Waals surface area contributed by atoms with Crippen LogP contribution in [0.2, 0.25) is 0 Å². The molecule has 0 bridgehead atoms. The van der Waals surface area contributed by atoms with E-state index in [0.29, 0.717) is 6.04 Å². The van der Waals surface area contributed by atoms with Crippen LogP contribution in [0, 0.1) is 6.92 Å². The molecule has 3 heterocycles. The minimum Gasteiger partial charge on any atom is -0.373 e. The van der Waals surface area contributed by atoms with Crippen molar-refractivity contribution in [1.82, 2.24) is 14.9 Å². The summed E-state index contributed by atoms with van der Waals surface area (Å²) in [5.41, 5.74) is 1.13. The van der Waals surface area contributed by atoms with Gasteiger partial charge in [0.2, 0.25) is 0 Å². The fourth-order valence-corrected chi connectivity index (χ4v) is 3.65. The molecular weight excluding hydrogens is 262 g/mol. The minimum atomic E-state index is 0.548. The predicted molar refractivity (Wildman–Crippen MR) is 86.9 cm³/mol. The molecule has 2 aliphatic heterocycles. The zero-order valence-electron chi connectivity index (χ0n) is 13.4. The molecule has 0 amide bonds. The number of piperidine rings is 1. The van der Waals surface area contributed by atoms with Gasteiger partial charge in [0.25, 0.3) is 0 Å². The van der Waals surface area contributed by atoms with E-state index in [0.717, 1.165) is 35.5 Å². The van der Waals surface area contributed by atoms with Crippen molar-refractivity contribution < 1.29 is 0 Å². The van der Waals surface area contributed by atoms with Crippen molar-refractivity contribution >= 4 is 11.6 Å². The first-order valence-corrected chi connectivity index (χ1v) is 8.27. The monoisotopic (exact) mass is 289 g/mol. The molecule has 5 heteroatoms. The molecule has 3 rings (SSSR count). The summed E-state index contributed by atoms with van der Waals surface area (Å²) in [6, 6.07) is 1.33. The van der Waals surface area contributed by atoms with Crippen LogP contribution in [0.4, 0.5) is 11.6 Å². The van der Waals surface area contributed by atoms with Crippen LogP contribution in [-0.2, 0) is 6.42 Å². The Morgan fingerprint density at radius 1 is 1.19 bits per heavy atom. The Labute approximate surface area is 127 Å². The summed E-state index contributed by atoms with van der Waals surface area (Å²) in [5.74, 6) is 2.87. The number of fused-ring (bicyclic) bond motifs is 1. The van der Waals surface area contributed by atoms with Gasteiger partial charge < -0.3 is 15.5 Å². The molecule has 5 nitrogen and oxygen atoms in total. The SMILES string of the molecule is CCc1nc(NC)c(C)c(NC2CCN3CCCC3C2)n1. The van der Waals surface area contributed by atoms with Crippen molar-refractivity contribution in [2.45, 2.75) is 58.0 Å². The summed E-state index contributed by atoms with van der Waals surface area (Å²) in [6.07, 6.45) is 6.07. The number of aromatic nitrogens is 2. The molecule has 0 saturated carbocycles. The maximum atomic E-state index is 4.70. The highest BCUT2D eigenvalue weighted by atomic mass is 15.2. The van der Waals surface area contributed by atoms with E-state index in [1.54, 1.807) is 0 Å². The largest absolute Gasteiger partial charge is 0.373 e. The topological polar surface area (TPSA) is 53.1 Å². The Kier molecular flexibility index (Phi) is 4.29. The van der Waals surface area contributed by atoms with Crippen molar-refractivity contribution in [3.05, 3.63) is 11.4 Å². The van der Waals surface area contributed by atoms with Crippen LogP contribution in [0.15, 0.2) is 0 Å². The Balaban J connectivity index is 1.75. The highest BCUT2D eigenvalue weighted by Gasteiger charge is 2.32. The fourth-order valence-electron chi connectivity index (χ4n) is 3.65. The molecule has 21 heavy (non-hydrogen) atoms. The standard InChI is InChI=1S/C16H27N5/c1-4-14-19-15(17-3)11(2)16(20-14)18-12-7-9-21-8-5-6-13(21)10-12/h12-13H,4-10H2,1-3H3,(H2,17,18,19,20). The summed E-state index contributed by atoms with van der Waals surface area (Å²) in [7, 11) is 1.93. The van der Waals surface area contributed by atoms with E-state index in [1.807, 2.05) is 7.05 Å². The number of hydrogen-bond acceptors (Lipinski definition) is 5. The van der Waals surface area contributed by atoms with E-state index in [9.17, 15) is 0 Å². The first kappa shape index (κ1) is 14.6. The third-order valence-electron chi connectivity index (χ3n) is 4.91. The lowest BCUT2D eigenvalue weighted by molar-refractivity contribution is 0.188. The molecule has 0 aliphatic carbocycles. The van der Waals surface area contributed by atoms with E-state index < -0.39 is 0 Å². The molecular formula is C16H27N5. The van der Waals surface area contributed by atoms with E-state index in [-0.39, 0.29) is 0 Å². The van der Waals surface area contributed by atoms with Crippen molar-refractivity contribution in [2.75, 3.05) is 30.8 Å². The fraction of sp³-hybridized carbons (Fsp3) is 0.750. The molecule has 2 saturated heterocycles. The second-order valence-electron chi connectivity index (χ2n) is 6.26.